The molecule has 5 heteroatoms. The molecule has 0 saturated carbocycles. The van der Waals surface area contributed by atoms with Crippen LogP contribution in [0.25, 0.3) is 10.8 Å². The number of ether oxygens (including phenoxy) is 1. The number of benzene rings is 3. The Morgan fingerprint density at radius 1 is 0.871 bits per heavy atom. The maximum absolute atomic E-state index is 13.0. The average molecular weight is 412 g/mol. The molecular formula is C26H25N3O2. The van der Waals surface area contributed by atoms with Crippen LogP contribution in [0.3, 0.4) is 0 Å². The lowest BCUT2D eigenvalue weighted by Crippen LogP contribution is -2.13. The number of methoxy groups -OCH3 is 1. The van der Waals surface area contributed by atoms with Crippen molar-refractivity contribution in [3.05, 3.63) is 90.1 Å². The van der Waals surface area contributed by atoms with Gasteiger partial charge in [0.25, 0.3) is 5.91 Å². The first-order valence-corrected chi connectivity index (χ1v) is 10.3. The van der Waals surface area contributed by atoms with Gasteiger partial charge < -0.3 is 15.4 Å². The molecule has 0 fully saturated rings. The Labute approximate surface area is 182 Å². The van der Waals surface area contributed by atoms with Crippen molar-refractivity contribution < 1.29 is 9.53 Å². The Morgan fingerprint density at radius 2 is 1.52 bits per heavy atom. The van der Waals surface area contributed by atoms with Gasteiger partial charge in [0.1, 0.15) is 11.6 Å². The summed E-state index contributed by atoms with van der Waals surface area (Å²) in [6.07, 6.45) is 1.62. The fourth-order valence-corrected chi connectivity index (χ4v) is 3.43. The van der Waals surface area contributed by atoms with Gasteiger partial charge in [-0.15, -0.1) is 0 Å². The van der Waals surface area contributed by atoms with Crippen LogP contribution in [-0.2, 0) is 0 Å². The van der Waals surface area contributed by atoms with Crippen LogP contribution in [-0.4, -0.2) is 18.0 Å². The first-order valence-electron chi connectivity index (χ1n) is 10.3. The molecule has 0 bridgehead atoms. The number of nitrogens with one attached hydrogen (secondary N) is 2. The number of carbonyl (C=O) groups is 1. The molecule has 1 aromatic heterocycles. The fraction of sp³-hybridized carbons (Fsp3) is 0.154. The van der Waals surface area contributed by atoms with Gasteiger partial charge in [-0.25, -0.2) is 4.98 Å². The third-order valence-corrected chi connectivity index (χ3v) is 5.23. The van der Waals surface area contributed by atoms with Crippen molar-refractivity contribution in [3.8, 4) is 5.75 Å². The number of aromatic nitrogens is 1. The number of carbonyl (C=O) groups excluding carboxylic acids is 1. The lowest BCUT2D eigenvalue weighted by Gasteiger charge is -2.13. The van der Waals surface area contributed by atoms with E-state index in [9.17, 15) is 4.79 Å². The summed E-state index contributed by atoms with van der Waals surface area (Å²) in [5.41, 5.74) is 3.42. The zero-order chi connectivity index (χ0) is 21.8. The highest BCUT2D eigenvalue weighted by Gasteiger charge is 2.14. The number of pyridine rings is 1. The number of amides is 1. The standard InChI is InChI=1S/C26H25N3O2/c1-17(2)18-8-10-20(11-9-18)29-26(30)24-16-27-25(23-7-5-4-6-22(23)24)28-19-12-14-21(31-3)15-13-19/h4-17H,1-3H3,(H,27,28)(H,29,30). The van der Waals surface area contributed by atoms with Crippen molar-refractivity contribution in [2.24, 2.45) is 0 Å². The van der Waals surface area contributed by atoms with Crippen LogP contribution in [0, 0.1) is 0 Å². The van der Waals surface area contributed by atoms with Gasteiger partial charge in [0, 0.05) is 23.0 Å². The van der Waals surface area contributed by atoms with Crippen LogP contribution in [0.5, 0.6) is 5.75 Å². The predicted molar refractivity (Wildman–Crippen MR) is 127 cm³/mol. The van der Waals surface area contributed by atoms with Crippen molar-refractivity contribution in [1.29, 1.82) is 0 Å². The van der Waals surface area contributed by atoms with E-state index in [0.717, 1.165) is 27.9 Å². The zero-order valence-corrected chi connectivity index (χ0v) is 17.8. The average Bonchev–Trinajstić information content (AvgIpc) is 2.80. The molecule has 0 spiro atoms. The maximum atomic E-state index is 13.0. The quantitative estimate of drug-likeness (QED) is 0.387. The van der Waals surface area contributed by atoms with Crippen molar-refractivity contribution in [2.45, 2.75) is 19.8 Å². The summed E-state index contributed by atoms with van der Waals surface area (Å²) >= 11 is 0. The lowest BCUT2D eigenvalue weighted by molar-refractivity contribution is 0.102. The largest absolute Gasteiger partial charge is 0.497 e. The van der Waals surface area contributed by atoms with E-state index in [0.29, 0.717) is 17.3 Å². The Hall–Kier alpha value is -3.86. The number of hydrogen-bond acceptors (Lipinski definition) is 4. The zero-order valence-electron chi connectivity index (χ0n) is 17.8. The summed E-state index contributed by atoms with van der Waals surface area (Å²) in [6, 6.07) is 23.3. The van der Waals surface area contributed by atoms with E-state index >= 15 is 0 Å². The summed E-state index contributed by atoms with van der Waals surface area (Å²) < 4.78 is 5.21. The van der Waals surface area contributed by atoms with Gasteiger partial charge in [-0.3, -0.25) is 4.79 Å². The normalized spacial score (nSPS) is 10.8. The van der Waals surface area contributed by atoms with E-state index in [4.69, 9.17) is 4.74 Å². The van der Waals surface area contributed by atoms with Crippen LogP contribution in [0.15, 0.2) is 79.0 Å². The summed E-state index contributed by atoms with van der Waals surface area (Å²) in [7, 11) is 1.64. The minimum Gasteiger partial charge on any atom is -0.497 e. The summed E-state index contributed by atoms with van der Waals surface area (Å²) in [6.45, 7) is 4.29. The van der Waals surface area contributed by atoms with Crippen LogP contribution < -0.4 is 15.4 Å². The molecule has 1 heterocycles. The highest BCUT2D eigenvalue weighted by molar-refractivity contribution is 6.14. The Bertz CT molecular complexity index is 1200. The molecule has 5 nitrogen and oxygen atoms in total. The van der Waals surface area contributed by atoms with E-state index in [1.54, 1.807) is 13.3 Å². The maximum Gasteiger partial charge on any atom is 0.257 e. The highest BCUT2D eigenvalue weighted by atomic mass is 16.5. The number of nitrogens with zero attached hydrogens (tertiary/aromatic N) is 1. The third kappa shape index (κ3) is 4.51. The second-order valence-electron chi connectivity index (χ2n) is 7.65. The summed E-state index contributed by atoms with van der Waals surface area (Å²) in [5, 5.41) is 8.03. The van der Waals surface area contributed by atoms with Gasteiger partial charge in [0.15, 0.2) is 0 Å². The summed E-state index contributed by atoms with van der Waals surface area (Å²) in [5.74, 6) is 1.75. The Balaban J connectivity index is 1.61. The third-order valence-electron chi connectivity index (χ3n) is 5.23. The molecule has 156 valence electrons. The van der Waals surface area contributed by atoms with Crippen LogP contribution in [0.4, 0.5) is 17.2 Å². The molecule has 31 heavy (non-hydrogen) atoms. The van der Waals surface area contributed by atoms with Crippen molar-refractivity contribution in [2.75, 3.05) is 17.7 Å². The molecule has 3 aromatic carbocycles. The van der Waals surface area contributed by atoms with E-state index in [1.165, 1.54) is 5.56 Å². The minimum absolute atomic E-state index is 0.183. The molecule has 0 aliphatic heterocycles. The first-order chi connectivity index (χ1) is 15.0. The van der Waals surface area contributed by atoms with Gasteiger partial charge in [-0.05, 0) is 53.3 Å². The molecule has 4 aromatic rings. The molecule has 0 aliphatic rings. The lowest BCUT2D eigenvalue weighted by atomic mass is 10.0. The molecule has 0 unspecified atom stereocenters. The Kier molecular flexibility index (Phi) is 5.85. The van der Waals surface area contributed by atoms with Gasteiger partial charge in [-0.2, -0.15) is 0 Å². The molecule has 2 N–H and O–H groups in total. The first kappa shape index (κ1) is 20.4. The van der Waals surface area contributed by atoms with E-state index in [2.05, 4.69) is 29.5 Å². The van der Waals surface area contributed by atoms with Crippen molar-refractivity contribution in [1.82, 2.24) is 4.98 Å². The topological polar surface area (TPSA) is 63.2 Å². The van der Waals surface area contributed by atoms with Gasteiger partial charge in [-0.1, -0.05) is 50.2 Å². The smallest absolute Gasteiger partial charge is 0.257 e. The van der Waals surface area contributed by atoms with Gasteiger partial charge >= 0.3 is 0 Å². The molecule has 4 rings (SSSR count). The number of hydrogen-bond donors (Lipinski definition) is 2. The number of rotatable bonds is 6. The van der Waals surface area contributed by atoms with Gasteiger partial charge in [0.2, 0.25) is 0 Å². The molecule has 0 radical (unpaired) electrons. The molecule has 0 atom stereocenters. The molecule has 0 saturated heterocycles. The number of fused-ring (bicyclic) bond motifs is 1. The molecular weight excluding hydrogens is 386 g/mol. The van der Waals surface area contributed by atoms with Crippen molar-refractivity contribution >= 4 is 33.9 Å². The van der Waals surface area contributed by atoms with Crippen molar-refractivity contribution in [3.63, 3.8) is 0 Å². The van der Waals surface area contributed by atoms with E-state index in [1.807, 2.05) is 72.8 Å². The monoisotopic (exact) mass is 411 g/mol. The second-order valence-corrected chi connectivity index (χ2v) is 7.65. The van der Waals surface area contributed by atoms with Gasteiger partial charge in [0.05, 0.1) is 12.7 Å². The fourth-order valence-electron chi connectivity index (χ4n) is 3.43. The predicted octanol–water partition coefficient (Wildman–Crippen LogP) is 6.36. The van der Waals surface area contributed by atoms with E-state index < -0.39 is 0 Å². The van der Waals surface area contributed by atoms with Crippen LogP contribution >= 0.6 is 0 Å². The SMILES string of the molecule is COc1ccc(Nc2ncc(C(=O)Nc3ccc(C(C)C)cc3)c3ccccc23)cc1. The number of anilines is 3. The highest BCUT2D eigenvalue weighted by Crippen LogP contribution is 2.28. The Morgan fingerprint density at radius 3 is 2.16 bits per heavy atom. The van der Waals surface area contributed by atoms with Crippen LogP contribution in [0.1, 0.15) is 35.7 Å². The molecule has 0 aliphatic carbocycles. The van der Waals surface area contributed by atoms with E-state index in [-0.39, 0.29) is 5.91 Å². The second kappa shape index (κ2) is 8.88. The molecule has 1 amide bonds. The van der Waals surface area contributed by atoms with Crippen LogP contribution in [0.2, 0.25) is 0 Å². The summed E-state index contributed by atoms with van der Waals surface area (Å²) in [4.78, 5) is 17.5. The minimum atomic E-state index is -0.183.